The highest BCUT2D eigenvalue weighted by atomic mass is 16.2. The number of benzene rings is 2. The van der Waals surface area contributed by atoms with Gasteiger partial charge in [-0.05, 0) is 69.0 Å². The van der Waals surface area contributed by atoms with Gasteiger partial charge in [0.25, 0.3) is 0 Å². The van der Waals surface area contributed by atoms with Gasteiger partial charge in [-0.15, -0.1) is 0 Å². The van der Waals surface area contributed by atoms with Crippen molar-refractivity contribution in [3.05, 3.63) is 59.2 Å². The Bertz CT molecular complexity index is 897. The average Bonchev–Trinajstić information content (AvgIpc) is 2.63. The predicted octanol–water partition coefficient (Wildman–Crippen LogP) is 4.92. The van der Waals surface area contributed by atoms with Crippen LogP contribution in [0.2, 0.25) is 0 Å². The topological polar surface area (TPSA) is 75.3 Å². The van der Waals surface area contributed by atoms with Crippen LogP contribution in [0.3, 0.4) is 0 Å². The second-order valence-electron chi connectivity index (χ2n) is 7.86. The standard InChI is InChI=1S/C23H28N2O3/c1-14(2)19-9-7-8-15(3)20(19)25-22(28)23(5,6)21(27)24-18-12-10-17(11-13-18)16(4)26/h7-14H,1-6H3,(H,24,27)(H,25,28). The number of amides is 2. The lowest BCUT2D eigenvalue weighted by Crippen LogP contribution is -2.41. The summed E-state index contributed by atoms with van der Waals surface area (Å²) in [6, 6.07) is 12.5. The van der Waals surface area contributed by atoms with Gasteiger partial charge < -0.3 is 10.6 Å². The zero-order valence-corrected chi connectivity index (χ0v) is 17.3. The summed E-state index contributed by atoms with van der Waals surface area (Å²) in [6.45, 7) is 10.7. The zero-order valence-electron chi connectivity index (χ0n) is 17.3. The van der Waals surface area contributed by atoms with E-state index in [0.29, 0.717) is 11.3 Å². The molecule has 0 bridgehead atoms. The molecule has 0 saturated carbocycles. The molecule has 2 aromatic carbocycles. The number of hydrogen-bond donors (Lipinski definition) is 2. The second kappa shape index (κ2) is 8.38. The van der Waals surface area contributed by atoms with E-state index in [0.717, 1.165) is 16.8 Å². The molecule has 0 atom stereocenters. The normalized spacial score (nSPS) is 11.2. The Hall–Kier alpha value is -2.95. The van der Waals surface area contributed by atoms with E-state index in [1.165, 1.54) is 6.92 Å². The Morgan fingerprint density at radius 1 is 0.893 bits per heavy atom. The van der Waals surface area contributed by atoms with Crippen LogP contribution in [0, 0.1) is 12.3 Å². The summed E-state index contributed by atoms with van der Waals surface area (Å²) in [5.41, 5.74) is 2.56. The molecule has 0 saturated heterocycles. The summed E-state index contributed by atoms with van der Waals surface area (Å²) in [7, 11) is 0. The molecule has 0 aliphatic carbocycles. The highest BCUT2D eigenvalue weighted by Gasteiger charge is 2.36. The van der Waals surface area contributed by atoms with Gasteiger partial charge in [0.2, 0.25) is 11.8 Å². The molecule has 0 unspecified atom stereocenters. The van der Waals surface area contributed by atoms with Gasteiger partial charge in [-0.3, -0.25) is 14.4 Å². The number of anilines is 2. The van der Waals surface area contributed by atoms with Crippen molar-refractivity contribution in [3.8, 4) is 0 Å². The first kappa shape index (κ1) is 21.4. The molecule has 2 amide bonds. The molecule has 5 nitrogen and oxygen atoms in total. The molecule has 0 aliphatic heterocycles. The number of carbonyl (C=O) groups is 3. The molecule has 0 radical (unpaired) electrons. The third-order valence-corrected chi connectivity index (χ3v) is 4.85. The van der Waals surface area contributed by atoms with E-state index in [-0.39, 0.29) is 17.6 Å². The highest BCUT2D eigenvalue weighted by molar-refractivity contribution is 6.14. The van der Waals surface area contributed by atoms with E-state index >= 15 is 0 Å². The Kier molecular flexibility index (Phi) is 6.39. The first-order chi connectivity index (χ1) is 13.0. The summed E-state index contributed by atoms with van der Waals surface area (Å²) < 4.78 is 0. The van der Waals surface area contributed by atoms with Crippen molar-refractivity contribution in [2.45, 2.75) is 47.5 Å². The third-order valence-electron chi connectivity index (χ3n) is 4.85. The minimum atomic E-state index is -1.28. The predicted molar refractivity (Wildman–Crippen MR) is 113 cm³/mol. The van der Waals surface area contributed by atoms with Crippen molar-refractivity contribution in [1.82, 2.24) is 0 Å². The van der Waals surface area contributed by atoms with Gasteiger partial charge >= 0.3 is 0 Å². The lowest BCUT2D eigenvalue weighted by Gasteiger charge is -2.25. The Balaban J connectivity index is 2.18. The van der Waals surface area contributed by atoms with Gasteiger partial charge in [0.1, 0.15) is 5.41 Å². The van der Waals surface area contributed by atoms with Crippen LogP contribution in [0.5, 0.6) is 0 Å². The van der Waals surface area contributed by atoms with E-state index in [1.54, 1.807) is 38.1 Å². The Morgan fingerprint density at radius 2 is 1.46 bits per heavy atom. The number of rotatable bonds is 6. The van der Waals surface area contributed by atoms with Crippen LogP contribution >= 0.6 is 0 Å². The lowest BCUT2D eigenvalue weighted by molar-refractivity contribution is -0.135. The summed E-state index contributed by atoms with van der Waals surface area (Å²) in [5, 5.41) is 5.70. The van der Waals surface area contributed by atoms with E-state index in [9.17, 15) is 14.4 Å². The number of hydrogen-bond acceptors (Lipinski definition) is 3. The maximum atomic E-state index is 12.9. The van der Waals surface area contributed by atoms with Gasteiger partial charge in [0.15, 0.2) is 5.78 Å². The summed E-state index contributed by atoms with van der Waals surface area (Å²) in [4.78, 5) is 37.0. The SMILES string of the molecule is CC(=O)c1ccc(NC(=O)C(C)(C)C(=O)Nc2c(C)cccc2C(C)C)cc1. The maximum Gasteiger partial charge on any atom is 0.239 e. The van der Waals surface area contributed by atoms with Crippen molar-refractivity contribution in [2.75, 3.05) is 10.6 Å². The smallest absolute Gasteiger partial charge is 0.239 e. The van der Waals surface area contributed by atoms with E-state index in [4.69, 9.17) is 0 Å². The molecule has 0 aliphatic rings. The molecule has 28 heavy (non-hydrogen) atoms. The molecule has 0 spiro atoms. The van der Waals surface area contributed by atoms with Gasteiger partial charge in [-0.25, -0.2) is 0 Å². The molecule has 2 N–H and O–H groups in total. The van der Waals surface area contributed by atoms with Crippen LogP contribution in [-0.4, -0.2) is 17.6 Å². The quantitative estimate of drug-likeness (QED) is 0.551. The van der Waals surface area contributed by atoms with Crippen molar-refractivity contribution in [1.29, 1.82) is 0 Å². The van der Waals surface area contributed by atoms with Crippen LogP contribution in [0.4, 0.5) is 11.4 Å². The van der Waals surface area contributed by atoms with Crippen LogP contribution < -0.4 is 10.6 Å². The van der Waals surface area contributed by atoms with E-state index in [1.807, 2.05) is 25.1 Å². The van der Waals surface area contributed by atoms with Crippen LogP contribution in [0.25, 0.3) is 0 Å². The fourth-order valence-corrected chi connectivity index (χ4v) is 2.79. The number of ketones is 1. The second-order valence-corrected chi connectivity index (χ2v) is 7.86. The number of aryl methyl sites for hydroxylation is 1. The first-order valence-corrected chi connectivity index (χ1v) is 9.37. The third kappa shape index (κ3) is 4.66. The van der Waals surface area contributed by atoms with Crippen molar-refractivity contribution >= 4 is 29.0 Å². The minimum Gasteiger partial charge on any atom is -0.325 e. The number of nitrogens with one attached hydrogen (secondary N) is 2. The van der Waals surface area contributed by atoms with Gasteiger partial charge in [0.05, 0.1) is 0 Å². The van der Waals surface area contributed by atoms with E-state index < -0.39 is 11.3 Å². The molecule has 2 aromatic rings. The Labute approximate surface area is 166 Å². The maximum absolute atomic E-state index is 12.9. The number of carbonyl (C=O) groups excluding carboxylic acids is 3. The molecular formula is C23H28N2O3. The first-order valence-electron chi connectivity index (χ1n) is 9.37. The minimum absolute atomic E-state index is 0.0447. The zero-order chi connectivity index (χ0) is 21.1. The van der Waals surface area contributed by atoms with Gasteiger partial charge in [0, 0.05) is 16.9 Å². The molecule has 0 fully saturated rings. The molecule has 0 heterocycles. The van der Waals surface area contributed by atoms with Crippen LogP contribution in [0.15, 0.2) is 42.5 Å². The largest absolute Gasteiger partial charge is 0.325 e. The van der Waals surface area contributed by atoms with Gasteiger partial charge in [-0.2, -0.15) is 0 Å². The molecule has 148 valence electrons. The summed E-state index contributed by atoms with van der Waals surface area (Å²) >= 11 is 0. The van der Waals surface area contributed by atoms with Gasteiger partial charge in [-0.1, -0.05) is 32.0 Å². The fraction of sp³-hybridized carbons (Fsp3) is 0.348. The highest BCUT2D eigenvalue weighted by Crippen LogP contribution is 2.30. The monoisotopic (exact) mass is 380 g/mol. The summed E-state index contributed by atoms with van der Waals surface area (Å²) in [5.74, 6) is -0.592. The van der Waals surface area contributed by atoms with Crippen molar-refractivity contribution < 1.29 is 14.4 Å². The van der Waals surface area contributed by atoms with Crippen molar-refractivity contribution in [2.24, 2.45) is 5.41 Å². The number of Topliss-reactive ketones (excluding diaryl/α,β-unsaturated/α-hetero) is 1. The fourth-order valence-electron chi connectivity index (χ4n) is 2.79. The molecule has 5 heteroatoms. The molecule has 2 rings (SSSR count). The molecular weight excluding hydrogens is 352 g/mol. The van der Waals surface area contributed by atoms with Crippen molar-refractivity contribution in [3.63, 3.8) is 0 Å². The van der Waals surface area contributed by atoms with E-state index in [2.05, 4.69) is 24.5 Å². The average molecular weight is 380 g/mol. The van der Waals surface area contributed by atoms with Crippen LogP contribution in [-0.2, 0) is 9.59 Å². The molecule has 0 aromatic heterocycles. The van der Waals surface area contributed by atoms with Crippen LogP contribution in [0.1, 0.15) is 62.0 Å². The number of para-hydroxylation sites is 1. The summed E-state index contributed by atoms with van der Waals surface area (Å²) in [6.07, 6.45) is 0. The Morgan fingerprint density at radius 3 is 2.00 bits per heavy atom. The lowest BCUT2D eigenvalue weighted by atomic mass is 9.89.